The van der Waals surface area contributed by atoms with Crippen molar-refractivity contribution in [2.24, 2.45) is 11.8 Å². The zero-order valence-electron chi connectivity index (χ0n) is 11.4. The van der Waals surface area contributed by atoms with Gasteiger partial charge in [-0.15, -0.1) is 0 Å². The molecule has 1 N–H and O–H groups in total. The van der Waals surface area contributed by atoms with Crippen molar-refractivity contribution < 1.29 is 23.9 Å². The quantitative estimate of drug-likeness (QED) is 0.551. The SMILES string of the molecule is CNC(=O)COC(=O)CN1C(=O)[C@H]2CCCC[C@@H]2C1=O. The highest BCUT2D eigenvalue weighted by Gasteiger charge is 2.48. The molecule has 2 atom stereocenters. The lowest BCUT2D eigenvalue weighted by Crippen LogP contribution is -2.37. The van der Waals surface area contributed by atoms with Crippen molar-refractivity contribution in [1.29, 1.82) is 0 Å². The lowest BCUT2D eigenvalue weighted by Gasteiger charge is -2.19. The van der Waals surface area contributed by atoms with Crippen LogP contribution in [0.1, 0.15) is 25.7 Å². The van der Waals surface area contributed by atoms with Gasteiger partial charge in [-0.25, -0.2) is 0 Å². The van der Waals surface area contributed by atoms with Crippen LogP contribution in [0.25, 0.3) is 0 Å². The number of nitrogens with zero attached hydrogens (tertiary/aromatic N) is 1. The van der Waals surface area contributed by atoms with Crippen molar-refractivity contribution in [3.63, 3.8) is 0 Å². The molecule has 1 aliphatic carbocycles. The number of esters is 1. The van der Waals surface area contributed by atoms with Gasteiger partial charge in [0.2, 0.25) is 11.8 Å². The Morgan fingerprint density at radius 3 is 2.25 bits per heavy atom. The van der Waals surface area contributed by atoms with Crippen LogP contribution < -0.4 is 5.32 Å². The minimum Gasteiger partial charge on any atom is -0.454 e. The Morgan fingerprint density at radius 1 is 1.20 bits per heavy atom. The van der Waals surface area contributed by atoms with Gasteiger partial charge < -0.3 is 10.1 Å². The molecule has 0 bridgehead atoms. The van der Waals surface area contributed by atoms with Crippen molar-refractivity contribution in [2.75, 3.05) is 20.2 Å². The van der Waals surface area contributed by atoms with Crippen LogP contribution in [0.5, 0.6) is 0 Å². The fourth-order valence-corrected chi connectivity index (χ4v) is 2.78. The summed E-state index contributed by atoms with van der Waals surface area (Å²) in [6.07, 6.45) is 3.29. The number of carbonyl (C=O) groups excluding carboxylic acids is 4. The van der Waals surface area contributed by atoms with Crippen LogP contribution in [-0.4, -0.2) is 48.8 Å². The molecule has 3 amide bonds. The lowest BCUT2D eigenvalue weighted by atomic mass is 9.81. The van der Waals surface area contributed by atoms with Crippen LogP contribution >= 0.6 is 0 Å². The van der Waals surface area contributed by atoms with E-state index >= 15 is 0 Å². The molecule has 1 aliphatic heterocycles. The molecule has 20 heavy (non-hydrogen) atoms. The van der Waals surface area contributed by atoms with E-state index in [2.05, 4.69) is 5.32 Å². The summed E-state index contributed by atoms with van der Waals surface area (Å²) >= 11 is 0. The maximum atomic E-state index is 12.1. The smallest absolute Gasteiger partial charge is 0.326 e. The van der Waals surface area contributed by atoms with Gasteiger partial charge in [0.25, 0.3) is 5.91 Å². The van der Waals surface area contributed by atoms with E-state index < -0.39 is 25.0 Å². The van der Waals surface area contributed by atoms with Crippen LogP contribution in [0.2, 0.25) is 0 Å². The van der Waals surface area contributed by atoms with E-state index in [0.717, 1.165) is 17.7 Å². The van der Waals surface area contributed by atoms with Crippen molar-refractivity contribution in [3.8, 4) is 0 Å². The molecule has 2 fully saturated rings. The molecular formula is C13H18N2O5. The highest BCUT2D eigenvalue weighted by molar-refractivity contribution is 6.07. The number of nitrogens with one attached hydrogen (secondary N) is 1. The summed E-state index contributed by atoms with van der Waals surface area (Å²) in [6, 6.07) is 0. The summed E-state index contributed by atoms with van der Waals surface area (Å²) in [4.78, 5) is 47.7. The molecule has 1 saturated carbocycles. The molecule has 0 spiro atoms. The summed E-state index contributed by atoms with van der Waals surface area (Å²) < 4.78 is 4.71. The Balaban J connectivity index is 1.92. The molecule has 0 radical (unpaired) electrons. The molecule has 2 aliphatic rings. The standard InChI is InChI=1S/C13H18N2O5/c1-14-10(16)7-20-11(17)6-15-12(18)8-4-2-3-5-9(8)13(15)19/h8-9H,2-7H2,1H3,(H,14,16)/t8-,9-/m0/s1. The number of imide groups is 1. The number of rotatable bonds is 4. The normalized spacial score (nSPS) is 25.4. The molecule has 1 saturated heterocycles. The van der Waals surface area contributed by atoms with Crippen LogP contribution in [0.4, 0.5) is 0 Å². The topological polar surface area (TPSA) is 92.8 Å². The van der Waals surface area contributed by atoms with Crippen molar-refractivity contribution in [1.82, 2.24) is 10.2 Å². The van der Waals surface area contributed by atoms with E-state index in [1.54, 1.807) is 0 Å². The Bertz CT molecular complexity index is 424. The molecule has 7 heteroatoms. The first-order valence-electron chi connectivity index (χ1n) is 6.76. The van der Waals surface area contributed by atoms with E-state index in [4.69, 9.17) is 4.74 Å². The number of fused-ring (bicyclic) bond motifs is 1. The second-order valence-corrected chi connectivity index (χ2v) is 5.09. The predicted molar refractivity (Wildman–Crippen MR) is 67.2 cm³/mol. The highest BCUT2D eigenvalue weighted by Crippen LogP contribution is 2.37. The Kier molecular flexibility index (Phi) is 4.36. The van der Waals surface area contributed by atoms with Crippen LogP contribution in [0.3, 0.4) is 0 Å². The maximum absolute atomic E-state index is 12.1. The van der Waals surface area contributed by atoms with Crippen molar-refractivity contribution >= 4 is 23.7 Å². The van der Waals surface area contributed by atoms with Gasteiger partial charge in [0.15, 0.2) is 6.61 Å². The first-order chi connectivity index (χ1) is 9.54. The summed E-state index contributed by atoms with van der Waals surface area (Å²) in [6.45, 7) is -0.805. The Hall–Kier alpha value is -1.92. The molecule has 1 heterocycles. The van der Waals surface area contributed by atoms with Crippen LogP contribution in [0.15, 0.2) is 0 Å². The molecule has 110 valence electrons. The summed E-state index contributed by atoms with van der Waals surface area (Å²) in [5, 5.41) is 2.31. The molecule has 7 nitrogen and oxygen atoms in total. The van der Waals surface area contributed by atoms with Gasteiger partial charge in [0, 0.05) is 7.05 Å². The Labute approximate surface area is 116 Å². The van der Waals surface area contributed by atoms with Crippen molar-refractivity contribution in [3.05, 3.63) is 0 Å². The highest BCUT2D eigenvalue weighted by atomic mass is 16.5. The fraction of sp³-hybridized carbons (Fsp3) is 0.692. The van der Waals surface area contributed by atoms with Gasteiger partial charge in [0.1, 0.15) is 6.54 Å². The predicted octanol–water partition coefficient (Wildman–Crippen LogP) is -0.549. The molecule has 2 rings (SSSR count). The molecule has 0 aromatic rings. The Morgan fingerprint density at radius 2 is 1.75 bits per heavy atom. The van der Waals surface area contributed by atoms with E-state index in [0.29, 0.717) is 12.8 Å². The average Bonchev–Trinajstić information content (AvgIpc) is 2.70. The first-order valence-corrected chi connectivity index (χ1v) is 6.76. The minimum atomic E-state index is -0.742. The fourth-order valence-electron chi connectivity index (χ4n) is 2.78. The van der Waals surface area contributed by atoms with E-state index in [1.165, 1.54) is 7.05 Å². The number of amides is 3. The molecule has 0 aromatic heterocycles. The number of hydrogen-bond acceptors (Lipinski definition) is 5. The average molecular weight is 282 g/mol. The van der Waals surface area contributed by atoms with Crippen molar-refractivity contribution in [2.45, 2.75) is 25.7 Å². The molecular weight excluding hydrogens is 264 g/mol. The van der Waals surface area contributed by atoms with Gasteiger partial charge in [-0.05, 0) is 12.8 Å². The maximum Gasteiger partial charge on any atom is 0.326 e. The molecule has 0 unspecified atom stereocenters. The van der Waals surface area contributed by atoms with Gasteiger partial charge in [-0.3, -0.25) is 24.1 Å². The van der Waals surface area contributed by atoms with Gasteiger partial charge in [0.05, 0.1) is 11.8 Å². The van der Waals surface area contributed by atoms with E-state index in [1.807, 2.05) is 0 Å². The largest absolute Gasteiger partial charge is 0.454 e. The number of likely N-dealkylation sites (tertiary alicyclic amines) is 1. The van der Waals surface area contributed by atoms with Crippen LogP contribution in [-0.2, 0) is 23.9 Å². The summed E-state index contributed by atoms with van der Waals surface area (Å²) in [7, 11) is 1.42. The minimum absolute atomic E-state index is 0.275. The second kappa shape index (κ2) is 6.02. The summed E-state index contributed by atoms with van der Waals surface area (Å²) in [5.41, 5.74) is 0. The first kappa shape index (κ1) is 14.5. The van der Waals surface area contributed by atoms with Crippen LogP contribution in [0, 0.1) is 11.8 Å². The third kappa shape index (κ3) is 2.81. The van der Waals surface area contributed by atoms with Gasteiger partial charge in [-0.1, -0.05) is 12.8 Å². The zero-order valence-corrected chi connectivity index (χ0v) is 11.4. The van der Waals surface area contributed by atoms with E-state index in [9.17, 15) is 19.2 Å². The van der Waals surface area contributed by atoms with Gasteiger partial charge in [-0.2, -0.15) is 0 Å². The number of hydrogen-bond donors (Lipinski definition) is 1. The third-order valence-corrected chi connectivity index (χ3v) is 3.86. The number of ether oxygens (including phenoxy) is 1. The third-order valence-electron chi connectivity index (χ3n) is 3.86. The zero-order chi connectivity index (χ0) is 14.7. The lowest BCUT2D eigenvalue weighted by molar-refractivity contribution is -0.154. The van der Waals surface area contributed by atoms with Gasteiger partial charge >= 0.3 is 5.97 Å². The number of likely N-dealkylation sites (N-methyl/N-ethyl adjacent to an activating group) is 1. The number of carbonyl (C=O) groups is 4. The summed E-state index contributed by atoms with van der Waals surface area (Å²) in [5.74, 6) is -2.29. The molecule has 0 aromatic carbocycles. The second-order valence-electron chi connectivity index (χ2n) is 5.09. The van der Waals surface area contributed by atoms with E-state index in [-0.39, 0.29) is 23.7 Å². The monoisotopic (exact) mass is 282 g/mol.